The molecule has 0 amide bonds. The van der Waals surface area contributed by atoms with Gasteiger partial charge >= 0.3 is 0 Å². The van der Waals surface area contributed by atoms with Crippen LogP contribution in [-0.2, 0) is 7.05 Å². The maximum Gasteiger partial charge on any atom is 0.278 e. The molecular formula is C22H28ClN3O2. The highest BCUT2D eigenvalue weighted by Gasteiger charge is 2.21. The van der Waals surface area contributed by atoms with E-state index < -0.39 is 0 Å². The second-order valence-electron chi connectivity index (χ2n) is 7.51. The number of halogens is 1. The zero-order valence-corrected chi connectivity index (χ0v) is 18.2. The van der Waals surface area contributed by atoms with E-state index in [-0.39, 0.29) is 11.7 Å². The van der Waals surface area contributed by atoms with Crippen LogP contribution in [0, 0.1) is 6.92 Å². The van der Waals surface area contributed by atoms with Crippen molar-refractivity contribution >= 4 is 17.1 Å². The van der Waals surface area contributed by atoms with Crippen LogP contribution in [0.3, 0.4) is 0 Å². The minimum Gasteiger partial charge on any atom is -0.491 e. The van der Waals surface area contributed by atoms with Crippen LogP contribution >= 0.6 is 11.6 Å². The second kappa shape index (κ2) is 8.00. The molecule has 0 aliphatic rings. The van der Waals surface area contributed by atoms with Gasteiger partial charge in [-0.3, -0.25) is 9.36 Å². The van der Waals surface area contributed by atoms with Crippen LogP contribution in [0.5, 0.6) is 5.75 Å². The van der Waals surface area contributed by atoms with Crippen LogP contribution < -0.4 is 10.3 Å². The summed E-state index contributed by atoms with van der Waals surface area (Å²) in [4.78, 5) is 13.3. The van der Waals surface area contributed by atoms with Crippen LogP contribution in [0.15, 0.2) is 29.1 Å². The van der Waals surface area contributed by atoms with E-state index in [0.29, 0.717) is 33.6 Å². The molecule has 3 aromatic rings. The summed E-state index contributed by atoms with van der Waals surface area (Å²) in [5.74, 6) is 1.58. The molecule has 150 valence electrons. The van der Waals surface area contributed by atoms with E-state index in [1.54, 1.807) is 22.2 Å². The van der Waals surface area contributed by atoms with Gasteiger partial charge in [-0.05, 0) is 69.4 Å². The van der Waals surface area contributed by atoms with E-state index in [9.17, 15) is 4.79 Å². The SMILES string of the molecule is CCC(CC)c1cc(C)n2nc(-c3ccc(OC(C)C)cc3Cl)n(C)c(=O)c12. The molecule has 1 aromatic carbocycles. The van der Waals surface area contributed by atoms with Gasteiger partial charge in [0.25, 0.3) is 5.56 Å². The third kappa shape index (κ3) is 3.55. The van der Waals surface area contributed by atoms with Crippen LogP contribution in [0.25, 0.3) is 16.9 Å². The van der Waals surface area contributed by atoms with E-state index >= 15 is 0 Å². The van der Waals surface area contributed by atoms with Gasteiger partial charge in [-0.2, -0.15) is 0 Å². The lowest BCUT2D eigenvalue weighted by Crippen LogP contribution is -2.24. The summed E-state index contributed by atoms with van der Waals surface area (Å²) in [6.45, 7) is 10.2. The largest absolute Gasteiger partial charge is 0.491 e. The summed E-state index contributed by atoms with van der Waals surface area (Å²) < 4.78 is 9.06. The molecule has 0 bridgehead atoms. The first-order valence-corrected chi connectivity index (χ1v) is 10.2. The molecule has 0 radical (unpaired) electrons. The summed E-state index contributed by atoms with van der Waals surface area (Å²) in [6.07, 6.45) is 2.04. The molecule has 2 heterocycles. The maximum absolute atomic E-state index is 13.3. The van der Waals surface area contributed by atoms with Crippen molar-refractivity contribution < 1.29 is 4.74 Å². The fourth-order valence-corrected chi connectivity index (χ4v) is 3.96. The van der Waals surface area contributed by atoms with Gasteiger partial charge in [0.2, 0.25) is 0 Å². The summed E-state index contributed by atoms with van der Waals surface area (Å²) in [5, 5.41) is 5.29. The molecule has 0 saturated heterocycles. The molecule has 0 saturated carbocycles. The molecule has 0 fully saturated rings. The quantitative estimate of drug-likeness (QED) is 0.559. The molecule has 2 aromatic heterocycles. The van der Waals surface area contributed by atoms with E-state index in [0.717, 1.165) is 24.1 Å². The van der Waals surface area contributed by atoms with E-state index in [2.05, 4.69) is 19.9 Å². The van der Waals surface area contributed by atoms with Crippen molar-refractivity contribution in [2.24, 2.45) is 7.05 Å². The number of nitrogens with zero attached hydrogens (tertiary/aromatic N) is 3. The van der Waals surface area contributed by atoms with Crippen molar-refractivity contribution in [3.8, 4) is 17.1 Å². The fraction of sp³-hybridized carbons (Fsp3) is 0.455. The number of hydrogen-bond acceptors (Lipinski definition) is 3. The topological polar surface area (TPSA) is 48.5 Å². The van der Waals surface area contributed by atoms with Crippen molar-refractivity contribution in [1.29, 1.82) is 0 Å². The fourth-order valence-electron chi connectivity index (χ4n) is 3.71. The van der Waals surface area contributed by atoms with Crippen molar-refractivity contribution in [2.45, 2.75) is 59.5 Å². The summed E-state index contributed by atoms with van der Waals surface area (Å²) in [6, 6.07) is 7.57. The van der Waals surface area contributed by atoms with Crippen molar-refractivity contribution in [3.63, 3.8) is 0 Å². The van der Waals surface area contributed by atoms with Gasteiger partial charge < -0.3 is 4.74 Å². The smallest absolute Gasteiger partial charge is 0.278 e. The third-order valence-electron chi connectivity index (χ3n) is 5.18. The molecule has 5 nitrogen and oxygen atoms in total. The number of rotatable bonds is 6. The first kappa shape index (κ1) is 20.5. The maximum atomic E-state index is 13.3. The van der Waals surface area contributed by atoms with Gasteiger partial charge in [0.05, 0.1) is 11.1 Å². The third-order valence-corrected chi connectivity index (χ3v) is 5.49. The lowest BCUT2D eigenvalue weighted by molar-refractivity contribution is 0.242. The average Bonchev–Trinajstić information content (AvgIpc) is 2.96. The summed E-state index contributed by atoms with van der Waals surface area (Å²) >= 11 is 6.52. The number of aromatic nitrogens is 3. The molecule has 0 aliphatic carbocycles. The van der Waals surface area contributed by atoms with E-state index in [4.69, 9.17) is 21.4 Å². The minimum absolute atomic E-state index is 0.0569. The van der Waals surface area contributed by atoms with Crippen LogP contribution in [0.2, 0.25) is 5.02 Å². The molecule has 0 aliphatic heterocycles. The number of fused-ring (bicyclic) bond motifs is 1. The Labute approximate surface area is 170 Å². The molecule has 6 heteroatoms. The minimum atomic E-state index is -0.0569. The van der Waals surface area contributed by atoms with Gasteiger partial charge in [-0.15, -0.1) is 5.10 Å². The van der Waals surface area contributed by atoms with Crippen molar-refractivity contribution in [1.82, 2.24) is 14.2 Å². The van der Waals surface area contributed by atoms with Gasteiger partial charge in [0.15, 0.2) is 5.82 Å². The predicted molar refractivity (Wildman–Crippen MR) is 115 cm³/mol. The molecule has 0 N–H and O–H groups in total. The van der Waals surface area contributed by atoms with Crippen LogP contribution in [-0.4, -0.2) is 20.3 Å². The lowest BCUT2D eigenvalue weighted by Gasteiger charge is -2.15. The Hall–Kier alpha value is -2.27. The Bertz CT molecular complexity index is 1060. The standard InChI is InChI=1S/C22H28ClN3O2/c1-7-15(8-2)18-11-14(5)26-20(18)22(27)25(6)21(24-26)17-10-9-16(12-19(17)23)28-13(3)4/h9-13,15H,7-8H2,1-6H3. The van der Waals surface area contributed by atoms with Gasteiger partial charge in [-0.1, -0.05) is 25.4 Å². The number of hydrogen-bond donors (Lipinski definition) is 0. The number of benzene rings is 1. The summed E-state index contributed by atoms with van der Waals surface area (Å²) in [5.41, 5.74) is 3.34. The predicted octanol–water partition coefficient (Wildman–Crippen LogP) is 5.35. The van der Waals surface area contributed by atoms with Gasteiger partial charge in [-0.25, -0.2) is 4.52 Å². The highest BCUT2D eigenvalue weighted by atomic mass is 35.5. The first-order chi connectivity index (χ1) is 13.3. The van der Waals surface area contributed by atoms with Gasteiger partial charge in [0, 0.05) is 18.3 Å². The lowest BCUT2D eigenvalue weighted by atomic mass is 9.95. The second-order valence-corrected chi connectivity index (χ2v) is 7.92. The Morgan fingerprint density at radius 3 is 2.43 bits per heavy atom. The molecule has 0 atom stereocenters. The molecule has 3 rings (SSSR count). The molecule has 28 heavy (non-hydrogen) atoms. The first-order valence-electron chi connectivity index (χ1n) is 9.84. The van der Waals surface area contributed by atoms with Crippen molar-refractivity contribution in [3.05, 3.63) is 50.9 Å². The zero-order valence-electron chi connectivity index (χ0n) is 17.4. The van der Waals surface area contributed by atoms with E-state index in [1.807, 2.05) is 32.9 Å². The highest BCUT2D eigenvalue weighted by Crippen LogP contribution is 2.32. The summed E-state index contributed by atoms with van der Waals surface area (Å²) in [7, 11) is 1.75. The zero-order chi connectivity index (χ0) is 20.6. The number of ether oxygens (including phenoxy) is 1. The molecular weight excluding hydrogens is 374 g/mol. The van der Waals surface area contributed by atoms with Crippen molar-refractivity contribution in [2.75, 3.05) is 0 Å². The van der Waals surface area contributed by atoms with E-state index in [1.165, 1.54) is 0 Å². The molecule has 0 unspecified atom stereocenters. The normalized spacial score (nSPS) is 11.8. The molecule has 0 spiro atoms. The van der Waals surface area contributed by atoms with Crippen LogP contribution in [0.1, 0.15) is 57.7 Å². The Morgan fingerprint density at radius 2 is 1.86 bits per heavy atom. The Kier molecular flexibility index (Phi) is 5.84. The number of aryl methyl sites for hydroxylation is 1. The average molecular weight is 402 g/mol. The monoisotopic (exact) mass is 401 g/mol. The Balaban J connectivity index is 2.21. The Morgan fingerprint density at radius 1 is 1.18 bits per heavy atom. The van der Waals surface area contributed by atoms with Gasteiger partial charge in [0.1, 0.15) is 11.3 Å². The highest BCUT2D eigenvalue weighted by molar-refractivity contribution is 6.33. The van der Waals surface area contributed by atoms with Crippen LogP contribution in [0.4, 0.5) is 0 Å².